The van der Waals surface area contributed by atoms with Crippen molar-refractivity contribution in [2.24, 2.45) is 0 Å². The molecule has 2 nitrogen and oxygen atoms in total. The maximum absolute atomic E-state index is 6.38. The van der Waals surface area contributed by atoms with Crippen LogP contribution in [0.25, 0.3) is 0 Å². The summed E-state index contributed by atoms with van der Waals surface area (Å²) in [6, 6.07) is 12.1. The quantitative estimate of drug-likeness (QED) is 0.757. The Morgan fingerprint density at radius 2 is 1.71 bits per heavy atom. The minimum absolute atomic E-state index is 0.664. The van der Waals surface area contributed by atoms with Crippen LogP contribution >= 0.6 is 11.6 Å². The molecule has 3 heteroatoms. The normalized spacial score (nSPS) is 14.5. The Morgan fingerprint density at radius 1 is 0.952 bits per heavy atom. The molecule has 0 saturated carbocycles. The van der Waals surface area contributed by atoms with Gasteiger partial charge in [-0.2, -0.15) is 0 Å². The number of anilines is 1. The van der Waals surface area contributed by atoms with Crippen molar-refractivity contribution in [2.45, 2.75) is 26.7 Å². The first-order valence-electron chi connectivity index (χ1n) is 7.43. The Labute approximate surface area is 131 Å². The van der Waals surface area contributed by atoms with E-state index in [1.807, 2.05) is 24.3 Å². The molecule has 110 valence electrons. The molecule has 0 amide bonds. The summed E-state index contributed by atoms with van der Waals surface area (Å²) in [5, 5.41) is 0.664. The monoisotopic (exact) mass is 301 g/mol. The minimum atomic E-state index is 0.664. The van der Waals surface area contributed by atoms with Gasteiger partial charge in [-0.15, -0.1) is 0 Å². The van der Waals surface area contributed by atoms with Gasteiger partial charge in [-0.3, -0.25) is 0 Å². The van der Waals surface area contributed by atoms with E-state index in [2.05, 4.69) is 30.9 Å². The highest BCUT2D eigenvalue weighted by atomic mass is 35.5. The van der Waals surface area contributed by atoms with Crippen LogP contribution in [0.3, 0.4) is 0 Å². The fourth-order valence-corrected chi connectivity index (χ4v) is 2.86. The lowest BCUT2D eigenvalue weighted by Gasteiger charge is -2.18. The lowest BCUT2D eigenvalue weighted by Crippen LogP contribution is -2.17. The maximum atomic E-state index is 6.38. The third kappa shape index (κ3) is 3.16. The molecule has 1 aliphatic heterocycles. The summed E-state index contributed by atoms with van der Waals surface area (Å²) in [6.45, 7) is 6.42. The van der Waals surface area contributed by atoms with Gasteiger partial charge >= 0.3 is 0 Å². The second-order valence-corrected chi connectivity index (χ2v) is 6.06. The molecule has 2 aromatic carbocycles. The summed E-state index contributed by atoms with van der Waals surface area (Å²) in [7, 11) is 0. The highest BCUT2D eigenvalue weighted by Crippen LogP contribution is 2.34. The Hall–Kier alpha value is -1.67. The van der Waals surface area contributed by atoms with Crippen LogP contribution in [0.2, 0.25) is 5.02 Å². The van der Waals surface area contributed by atoms with Crippen LogP contribution in [-0.4, -0.2) is 13.1 Å². The van der Waals surface area contributed by atoms with Crippen LogP contribution in [0.4, 0.5) is 5.69 Å². The van der Waals surface area contributed by atoms with E-state index in [1.54, 1.807) is 0 Å². The van der Waals surface area contributed by atoms with Gasteiger partial charge in [0, 0.05) is 18.8 Å². The van der Waals surface area contributed by atoms with Crippen LogP contribution in [0.15, 0.2) is 36.4 Å². The van der Waals surface area contributed by atoms with Crippen LogP contribution in [0, 0.1) is 13.8 Å². The van der Waals surface area contributed by atoms with Gasteiger partial charge in [0.2, 0.25) is 0 Å². The highest BCUT2D eigenvalue weighted by molar-refractivity contribution is 6.32. The first-order valence-corrected chi connectivity index (χ1v) is 7.81. The van der Waals surface area contributed by atoms with Crippen molar-refractivity contribution in [1.82, 2.24) is 0 Å². The molecular weight excluding hydrogens is 282 g/mol. The Balaban J connectivity index is 1.80. The van der Waals surface area contributed by atoms with Crippen molar-refractivity contribution in [3.8, 4) is 11.5 Å². The number of hydrogen-bond acceptors (Lipinski definition) is 2. The van der Waals surface area contributed by atoms with Crippen molar-refractivity contribution in [3.05, 3.63) is 52.5 Å². The average Bonchev–Trinajstić information content (AvgIpc) is 2.99. The second-order valence-electron chi connectivity index (χ2n) is 5.66. The molecule has 2 aromatic rings. The highest BCUT2D eigenvalue weighted by Gasteiger charge is 2.14. The molecule has 1 saturated heterocycles. The molecule has 1 heterocycles. The fourth-order valence-electron chi connectivity index (χ4n) is 2.65. The molecule has 0 spiro atoms. The van der Waals surface area contributed by atoms with Gasteiger partial charge in [0.05, 0.1) is 5.02 Å². The number of halogens is 1. The molecule has 3 rings (SSSR count). The number of benzene rings is 2. The maximum Gasteiger partial charge on any atom is 0.146 e. The van der Waals surface area contributed by atoms with Gasteiger partial charge in [0.15, 0.2) is 0 Å². The second kappa shape index (κ2) is 5.98. The van der Waals surface area contributed by atoms with Gasteiger partial charge < -0.3 is 9.64 Å². The SMILES string of the molecule is Cc1ccc(Oc2ccc(N3CCCC3)cc2Cl)cc1C. The van der Waals surface area contributed by atoms with E-state index in [4.69, 9.17) is 16.3 Å². The lowest BCUT2D eigenvalue weighted by atomic mass is 10.1. The van der Waals surface area contributed by atoms with Crippen molar-refractivity contribution < 1.29 is 4.74 Å². The van der Waals surface area contributed by atoms with E-state index in [1.165, 1.54) is 29.7 Å². The Kier molecular flexibility index (Phi) is 4.07. The first kappa shape index (κ1) is 14.3. The molecule has 1 fully saturated rings. The Bertz CT molecular complexity index is 648. The summed E-state index contributed by atoms with van der Waals surface area (Å²) in [5.41, 5.74) is 3.67. The van der Waals surface area contributed by atoms with Gasteiger partial charge in [-0.25, -0.2) is 0 Å². The summed E-state index contributed by atoms with van der Waals surface area (Å²) >= 11 is 6.38. The topological polar surface area (TPSA) is 12.5 Å². The molecule has 0 bridgehead atoms. The van der Waals surface area contributed by atoms with Crippen molar-refractivity contribution in [1.29, 1.82) is 0 Å². The van der Waals surface area contributed by atoms with Crippen LogP contribution in [0.5, 0.6) is 11.5 Å². The molecule has 0 radical (unpaired) electrons. The predicted molar refractivity (Wildman–Crippen MR) is 88.9 cm³/mol. The van der Waals surface area contributed by atoms with Crippen molar-refractivity contribution in [2.75, 3.05) is 18.0 Å². The van der Waals surface area contributed by atoms with E-state index >= 15 is 0 Å². The van der Waals surface area contributed by atoms with Crippen LogP contribution in [0.1, 0.15) is 24.0 Å². The molecule has 1 aliphatic rings. The molecule has 0 aliphatic carbocycles. The number of nitrogens with zero attached hydrogens (tertiary/aromatic N) is 1. The van der Waals surface area contributed by atoms with E-state index in [0.717, 1.165) is 18.8 Å². The summed E-state index contributed by atoms with van der Waals surface area (Å²) in [4.78, 5) is 2.37. The standard InChI is InChI=1S/C18H20ClNO/c1-13-5-7-16(11-14(13)2)21-18-8-6-15(12-17(18)19)20-9-3-4-10-20/h5-8,11-12H,3-4,9-10H2,1-2H3. The minimum Gasteiger partial charge on any atom is -0.456 e. The van der Waals surface area contributed by atoms with E-state index in [0.29, 0.717) is 10.8 Å². The van der Waals surface area contributed by atoms with Crippen LogP contribution < -0.4 is 9.64 Å². The Morgan fingerprint density at radius 3 is 2.38 bits per heavy atom. The summed E-state index contributed by atoms with van der Waals surface area (Å²) < 4.78 is 5.91. The molecular formula is C18H20ClNO. The molecule has 0 unspecified atom stereocenters. The zero-order valence-electron chi connectivity index (χ0n) is 12.5. The number of aryl methyl sites for hydroxylation is 2. The average molecular weight is 302 g/mol. The molecule has 0 atom stereocenters. The van der Waals surface area contributed by atoms with Crippen LogP contribution in [-0.2, 0) is 0 Å². The zero-order valence-corrected chi connectivity index (χ0v) is 13.3. The smallest absolute Gasteiger partial charge is 0.146 e. The largest absolute Gasteiger partial charge is 0.456 e. The number of rotatable bonds is 3. The van der Waals surface area contributed by atoms with Crippen molar-refractivity contribution in [3.63, 3.8) is 0 Å². The molecule has 0 aromatic heterocycles. The third-order valence-electron chi connectivity index (χ3n) is 4.09. The predicted octanol–water partition coefficient (Wildman–Crippen LogP) is 5.35. The first-order chi connectivity index (χ1) is 10.1. The number of hydrogen-bond donors (Lipinski definition) is 0. The summed E-state index contributed by atoms with van der Waals surface area (Å²) in [5.74, 6) is 1.54. The fraction of sp³-hybridized carbons (Fsp3) is 0.333. The van der Waals surface area contributed by atoms with Gasteiger partial charge in [-0.05, 0) is 68.1 Å². The van der Waals surface area contributed by atoms with Gasteiger partial charge in [0.1, 0.15) is 11.5 Å². The van der Waals surface area contributed by atoms with Crippen molar-refractivity contribution >= 4 is 17.3 Å². The van der Waals surface area contributed by atoms with Gasteiger partial charge in [-0.1, -0.05) is 17.7 Å². The van der Waals surface area contributed by atoms with Gasteiger partial charge in [0.25, 0.3) is 0 Å². The third-order valence-corrected chi connectivity index (χ3v) is 4.39. The van der Waals surface area contributed by atoms with E-state index in [9.17, 15) is 0 Å². The zero-order chi connectivity index (χ0) is 14.8. The molecule has 0 N–H and O–H groups in total. The van der Waals surface area contributed by atoms with E-state index in [-0.39, 0.29) is 0 Å². The summed E-state index contributed by atoms with van der Waals surface area (Å²) in [6.07, 6.45) is 2.52. The van der Waals surface area contributed by atoms with E-state index < -0.39 is 0 Å². The number of ether oxygens (including phenoxy) is 1. The lowest BCUT2D eigenvalue weighted by molar-refractivity contribution is 0.482. The molecule has 21 heavy (non-hydrogen) atoms.